The maximum atomic E-state index is 12.8. The summed E-state index contributed by atoms with van der Waals surface area (Å²) < 4.78 is 18.2. The molecule has 1 saturated heterocycles. The maximum Gasteiger partial charge on any atom is 0.289 e. The van der Waals surface area contributed by atoms with Gasteiger partial charge in [-0.25, -0.2) is 4.98 Å². The van der Waals surface area contributed by atoms with Crippen LogP contribution in [0.25, 0.3) is 0 Å². The van der Waals surface area contributed by atoms with Gasteiger partial charge in [-0.15, -0.1) is 0 Å². The lowest BCUT2D eigenvalue weighted by Gasteiger charge is -2.34. The second-order valence-corrected chi connectivity index (χ2v) is 8.56. The third-order valence-electron chi connectivity index (χ3n) is 4.76. The molecule has 29 heavy (non-hydrogen) atoms. The fraction of sp³-hybridized carbons (Fsp3) is 0.238. The Hall–Kier alpha value is -2.64. The van der Waals surface area contributed by atoms with E-state index in [1.807, 2.05) is 18.2 Å². The molecule has 0 N–H and O–H groups in total. The first-order chi connectivity index (χ1) is 14.1. The van der Waals surface area contributed by atoms with Gasteiger partial charge in [0, 0.05) is 42.3 Å². The number of amides is 1. The van der Waals surface area contributed by atoms with Crippen molar-refractivity contribution < 1.29 is 13.4 Å². The number of hydrogen-bond acceptors (Lipinski definition) is 5. The van der Waals surface area contributed by atoms with Crippen molar-refractivity contribution in [2.24, 2.45) is 0 Å². The molecule has 1 aromatic carbocycles. The number of rotatable bonds is 5. The lowest BCUT2D eigenvalue weighted by molar-refractivity contribution is 0.0713. The molecule has 1 aliphatic heterocycles. The number of hydrogen-bond donors (Lipinski definition) is 0. The summed E-state index contributed by atoms with van der Waals surface area (Å²) in [6.45, 7) is 2.64. The zero-order chi connectivity index (χ0) is 20.2. The summed E-state index contributed by atoms with van der Waals surface area (Å²) in [5.74, 6) is 1.79. The highest BCUT2D eigenvalue weighted by Crippen LogP contribution is 2.19. The Morgan fingerprint density at radius 3 is 2.48 bits per heavy atom. The molecule has 0 unspecified atom stereocenters. The first-order valence-electron chi connectivity index (χ1n) is 9.28. The van der Waals surface area contributed by atoms with Crippen LogP contribution in [-0.4, -0.2) is 46.2 Å². The number of anilines is 1. The van der Waals surface area contributed by atoms with Gasteiger partial charge in [0.25, 0.3) is 5.91 Å². The summed E-state index contributed by atoms with van der Waals surface area (Å²) >= 11 is 5.87. The topological polar surface area (TPSA) is 66.7 Å². The molecule has 8 heteroatoms. The van der Waals surface area contributed by atoms with Gasteiger partial charge in [0.15, 0.2) is 5.76 Å². The van der Waals surface area contributed by atoms with E-state index in [2.05, 4.69) is 9.88 Å². The SMILES string of the molecule is O=C(c1ccc(C[S@](=O)c2ccc(Cl)cc2)o1)N1CCN(c2ccccn2)CC1. The van der Waals surface area contributed by atoms with Crippen LogP contribution in [0.3, 0.4) is 0 Å². The fourth-order valence-corrected chi connectivity index (χ4v) is 4.35. The summed E-state index contributed by atoms with van der Waals surface area (Å²) in [6.07, 6.45) is 1.77. The Kier molecular flexibility index (Phi) is 5.97. The highest BCUT2D eigenvalue weighted by molar-refractivity contribution is 7.84. The lowest BCUT2D eigenvalue weighted by atomic mass is 10.2. The average molecular weight is 430 g/mol. The second kappa shape index (κ2) is 8.80. The van der Waals surface area contributed by atoms with Crippen molar-refractivity contribution in [3.8, 4) is 0 Å². The predicted molar refractivity (Wildman–Crippen MR) is 113 cm³/mol. The minimum absolute atomic E-state index is 0.144. The van der Waals surface area contributed by atoms with Crippen molar-refractivity contribution in [1.29, 1.82) is 0 Å². The molecule has 0 aliphatic carbocycles. The zero-order valence-electron chi connectivity index (χ0n) is 15.7. The number of piperazine rings is 1. The molecular weight excluding hydrogens is 410 g/mol. The number of nitrogens with zero attached hydrogens (tertiary/aromatic N) is 3. The lowest BCUT2D eigenvalue weighted by Crippen LogP contribution is -2.49. The van der Waals surface area contributed by atoms with Gasteiger partial charge in [-0.05, 0) is 48.5 Å². The molecular formula is C21H20ClN3O3S. The van der Waals surface area contributed by atoms with E-state index in [1.165, 1.54) is 0 Å². The van der Waals surface area contributed by atoms with Gasteiger partial charge in [-0.2, -0.15) is 0 Å². The Balaban J connectivity index is 1.35. The van der Waals surface area contributed by atoms with Crippen molar-refractivity contribution in [3.05, 3.63) is 77.3 Å². The first kappa shape index (κ1) is 19.7. The molecule has 3 heterocycles. The molecule has 0 spiro atoms. The van der Waals surface area contributed by atoms with Gasteiger partial charge in [-0.3, -0.25) is 9.00 Å². The minimum Gasteiger partial charge on any atom is -0.455 e. The number of carbonyl (C=O) groups is 1. The highest BCUT2D eigenvalue weighted by atomic mass is 35.5. The van der Waals surface area contributed by atoms with Crippen LogP contribution >= 0.6 is 11.6 Å². The summed E-state index contributed by atoms with van der Waals surface area (Å²) in [7, 11) is -1.26. The largest absolute Gasteiger partial charge is 0.455 e. The Morgan fingerprint density at radius 2 is 1.79 bits per heavy atom. The van der Waals surface area contributed by atoms with Crippen molar-refractivity contribution in [3.63, 3.8) is 0 Å². The molecule has 0 saturated carbocycles. The van der Waals surface area contributed by atoms with E-state index in [9.17, 15) is 9.00 Å². The molecule has 0 radical (unpaired) electrons. The van der Waals surface area contributed by atoms with Gasteiger partial charge in [0.05, 0.1) is 16.6 Å². The number of pyridine rings is 1. The van der Waals surface area contributed by atoms with Crippen molar-refractivity contribution in [1.82, 2.24) is 9.88 Å². The van der Waals surface area contributed by atoms with Crippen LogP contribution < -0.4 is 4.90 Å². The molecule has 1 amide bonds. The van der Waals surface area contributed by atoms with Crippen LogP contribution in [0.4, 0.5) is 5.82 Å². The van der Waals surface area contributed by atoms with E-state index in [1.54, 1.807) is 47.5 Å². The van der Waals surface area contributed by atoms with Crippen LogP contribution in [0.1, 0.15) is 16.3 Å². The molecule has 0 bridgehead atoms. The van der Waals surface area contributed by atoms with Gasteiger partial charge in [-0.1, -0.05) is 17.7 Å². The number of aromatic nitrogens is 1. The van der Waals surface area contributed by atoms with E-state index in [-0.39, 0.29) is 17.4 Å². The summed E-state index contributed by atoms with van der Waals surface area (Å²) in [5.41, 5.74) is 0. The van der Waals surface area contributed by atoms with Crippen LogP contribution in [0.5, 0.6) is 0 Å². The van der Waals surface area contributed by atoms with E-state index in [4.69, 9.17) is 16.0 Å². The van der Waals surface area contributed by atoms with Crippen LogP contribution in [-0.2, 0) is 16.6 Å². The van der Waals surface area contributed by atoms with Gasteiger partial charge >= 0.3 is 0 Å². The quantitative estimate of drug-likeness (QED) is 0.620. The third-order valence-corrected chi connectivity index (χ3v) is 6.36. The number of carbonyl (C=O) groups excluding carboxylic acids is 1. The zero-order valence-corrected chi connectivity index (χ0v) is 17.2. The highest BCUT2D eigenvalue weighted by Gasteiger charge is 2.25. The Bertz CT molecular complexity index is 1000. The monoisotopic (exact) mass is 429 g/mol. The maximum absolute atomic E-state index is 12.8. The van der Waals surface area contributed by atoms with Gasteiger partial charge in [0.1, 0.15) is 11.6 Å². The smallest absolute Gasteiger partial charge is 0.289 e. The van der Waals surface area contributed by atoms with Gasteiger partial charge < -0.3 is 14.2 Å². The van der Waals surface area contributed by atoms with E-state index >= 15 is 0 Å². The van der Waals surface area contributed by atoms with E-state index < -0.39 is 10.8 Å². The minimum atomic E-state index is -1.26. The Morgan fingerprint density at radius 1 is 1.03 bits per heavy atom. The summed E-state index contributed by atoms with van der Waals surface area (Å²) in [6, 6.07) is 16.1. The Labute approximate surface area is 176 Å². The number of halogens is 1. The molecule has 3 aromatic rings. The molecule has 1 atom stereocenters. The molecule has 1 fully saturated rings. The molecule has 6 nitrogen and oxygen atoms in total. The number of benzene rings is 1. The van der Waals surface area contributed by atoms with E-state index in [0.29, 0.717) is 28.8 Å². The summed E-state index contributed by atoms with van der Waals surface area (Å²) in [5, 5.41) is 0.597. The average Bonchev–Trinajstić information content (AvgIpc) is 3.23. The van der Waals surface area contributed by atoms with Crippen molar-refractivity contribution in [2.45, 2.75) is 10.6 Å². The second-order valence-electron chi connectivity index (χ2n) is 6.68. The predicted octanol–water partition coefficient (Wildman–Crippen LogP) is 3.60. The van der Waals surface area contributed by atoms with Crippen LogP contribution in [0.2, 0.25) is 5.02 Å². The molecule has 1 aliphatic rings. The fourth-order valence-electron chi connectivity index (χ4n) is 3.20. The normalized spacial score (nSPS) is 15.3. The molecule has 150 valence electrons. The number of furan rings is 1. The van der Waals surface area contributed by atoms with Crippen LogP contribution in [0.15, 0.2) is 70.1 Å². The van der Waals surface area contributed by atoms with Crippen molar-refractivity contribution in [2.75, 3.05) is 31.1 Å². The van der Waals surface area contributed by atoms with Crippen LogP contribution in [0, 0.1) is 0 Å². The molecule has 2 aromatic heterocycles. The summed E-state index contributed by atoms with van der Waals surface area (Å²) in [4.78, 5) is 21.7. The molecule has 4 rings (SSSR count). The first-order valence-corrected chi connectivity index (χ1v) is 11.0. The standard InChI is InChI=1S/C21H20ClN3O3S/c22-16-4-7-18(8-5-16)29(27)15-17-6-9-19(28-17)21(26)25-13-11-24(12-14-25)20-3-1-2-10-23-20/h1-10H,11-15H2/t29-/m0/s1. The van der Waals surface area contributed by atoms with E-state index in [0.717, 1.165) is 18.9 Å². The van der Waals surface area contributed by atoms with Crippen molar-refractivity contribution >= 4 is 34.1 Å². The van der Waals surface area contributed by atoms with Gasteiger partial charge in [0.2, 0.25) is 0 Å². The third kappa shape index (κ3) is 4.68.